The van der Waals surface area contributed by atoms with Crippen molar-refractivity contribution in [1.82, 2.24) is 5.16 Å². The fraction of sp³-hybridized carbons (Fsp3) is 0.281. The van der Waals surface area contributed by atoms with E-state index >= 15 is 0 Å². The molecule has 2 N–H and O–H groups in total. The molecule has 0 saturated heterocycles. The van der Waals surface area contributed by atoms with Crippen LogP contribution in [0.3, 0.4) is 0 Å². The van der Waals surface area contributed by atoms with Crippen molar-refractivity contribution in [2.24, 2.45) is 4.99 Å². The maximum absolute atomic E-state index is 11.8. The average Bonchev–Trinajstić information content (AvgIpc) is 3.29. The normalized spacial score (nSPS) is 19.9. The second-order valence-corrected chi connectivity index (χ2v) is 10.3. The Labute approximate surface area is 222 Å². The van der Waals surface area contributed by atoms with Crippen molar-refractivity contribution < 1.29 is 14.4 Å². The molecule has 3 aromatic rings. The number of hydrogen-bond donors (Lipinski definition) is 2. The van der Waals surface area contributed by atoms with Crippen LogP contribution in [-0.4, -0.2) is 28.1 Å². The largest absolute Gasteiger partial charge is 0.481 e. The Bertz CT molecular complexity index is 1470. The molecule has 0 bridgehead atoms. The predicted molar refractivity (Wildman–Crippen MR) is 150 cm³/mol. The number of dihydropyridines is 1. The number of aromatic nitrogens is 1. The lowest BCUT2D eigenvalue weighted by atomic mass is 9.64. The third kappa shape index (κ3) is 4.40. The maximum Gasteiger partial charge on any atom is 0.314 e. The molecular formula is C32H31N3O3. The number of amidine groups is 1. The molecule has 6 heteroatoms. The van der Waals surface area contributed by atoms with E-state index in [1.165, 1.54) is 5.57 Å². The number of aliphatic carboxylic acids is 1. The van der Waals surface area contributed by atoms with Gasteiger partial charge in [0.1, 0.15) is 17.2 Å². The number of aliphatic imine (C=N–C) groups is 1. The lowest BCUT2D eigenvalue weighted by molar-refractivity contribution is -0.147. The average molecular weight is 506 g/mol. The van der Waals surface area contributed by atoms with Gasteiger partial charge in [0, 0.05) is 5.56 Å². The van der Waals surface area contributed by atoms with Crippen LogP contribution in [0.1, 0.15) is 49.8 Å². The first-order chi connectivity index (χ1) is 18.5. The van der Waals surface area contributed by atoms with E-state index in [-0.39, 0.29) is 6.04 Å². The molecular weight excluding hydrogens is 474 g/mol. The van der Waals surface area contributed by atoms with Crippen molar-refractivity contribution in [3.8, 4) is 22.5 Å². The number of allylic oxidation sites excluding steroid dienone is 2. The van der Waals surface area contributed by atoms with Crippen LogP contribution in [0.25, 0.3) is 22.5 Å². The minimum Gasteiger partial charge on any atom is -0.481 e. The molecule has 1 saturated carbocycles. The summed E-state index contributed by atoms with van der Waals surface area (Å²) in [6, 6.07) is 16.2. The standard InChI is InChI=1S/C32H31N3O3/c1-21-29(34-28-10-5-9-27(33-28)24-7-3-2-4-8-24)30(38-35-21)25-13-11-22(12-14-25)23-15-17-26(18-16-23)32(31(36)37)19-6-20-32/h3,5,7-8,10-18,27H,2,4,6,9,19-20H2,1H3,(H,33,34)(H,36,37). The van der Waals surface area contributed by atoms with Crippen LogP contribution in [0, 0.1) is 6.92 Å². The molecule has 2 aliphatic carbocycles. The summed E-state index contributed by atoms with van der Waals surface area (Å²) >= 11 is 0. The van der Waals surface area contributed by atoms with Gasteiger partial charge in [0.2, 0.25) is 0 Å². The number of nitrogens with zero attached hydrogens (tertiary/aromatic N) is 2. The fourth-order valence-electron chi connectivity index (χ4n) is 5.53. The van der Waals surface area contributed by atoms with Crippen molar-refractivity contribution in [3.05, 3.63) is 95.7 Å². The molecule has 1 fully saturated rings. The summed E-state index contributed by atoms with van der Waals surface area (Å²) in [5.41, 5.74) is 6.07. The highest BCUT2D eigenvalue weighted by atomic mass is 16.5. The quantitative estimate of drug-likeness (QED) is 0.369. The van der Waals surface area contributed by atoms with Crippen LogP contribution in [-0.2, 0) is 10.2 Å². The van der Waals surface area contributed by atoms with Gasteiger partial charge < -0.3 is 14.9 Å². The molecule has 1 aromatic heterocycles. The summed E-state index contributed by atoms with van der Waals surface area (Å²) in [6.45, 7) is 1.92. The smallest absolute Gasteiger partial charge is 0.314 e. The van der Waals surface area contributed by atoms with Crippen LogP contribution in [0.4, 0.5) is 5.69 Å². The van der Waals surface area contributed by atoms with Crippen LogP contribution >= 0.6 is 0 Å². The molecule has 0 radical (unpaired) electrons. The monoisotopic (exact) mass is 505 g/mol. The third-order valence-corrected chi connectivity index (χ3v) is 7.99. The highest BCUT2D eigenvalue weighted by Crippen LogP contribution is 2.44. The van der Waals surface area contributed by atoms with Gasteiger partial charge in [-0.1, -0.05) is 84.4 Å². The number of carbonyl (C=O) groups is 1. The molecule has 1 atom stereocenters. The van der Waals surface area contributed by atoms with E-state index in [1.54, 1.807) is 0 Å². The van der Waals surface area contributed by atoms with Gasteiger partial charge >= 0.3 is 5.97 Å². The molecule has 0 amide bonds. The van der Waals surface area contributed by atoms with E-state index in [1.807, 2.05) is 49.4 Å². The Morgan fingerprint density at radius 1 is 0.974 bits per heavy atom. The van der Waals surface area contributed by atoms with Gasteiger partial charge in [-0.2, -0.15) is 0 Å². The molecule has 1 unspecified atom stereocenters. The molecule has 192 valence electrons. The Kier molecular flexibility index (Phi) is 6.32. The highest BCUT2D eigenvalue weighted by Gasteiger charge is 2.45. The maximum atomic E-state index is 11.8. The Morgan fingerprint density at radius 2 is 1.68 bits per heavy atom. The van der Waals surface area contributed by atoms with E-state index in [2.05, 4.69) is 46.9 Å². The molecule has 6 nitrogen and oxygen atoms in total. The number of aryl methyl sites for hydroxylation is 1. The summed E-state index contributed by atoms with van der Waals surface area (Å²) in [7, 11) is 0. The molecule has 6 rings (SSSR count). The van der Waals surface area contributed by atoms with E-state index < -0.39 is 11.4 Å². The Hall–Kier alpha value is -4.19. The number of nitrogens with one attached hydrogen (secondary N) is 1. The lowest BCUT2D eigenvalue weighted by Crippen LogP contribution is -2.42. The zero-order valence-electron chi connectivity index (χ0n) is 21.5. The Morgan fingerprint density at radius 3 is 2.32 bits per heavy atom. The van der Waals surface area contributed by atoms with Crippen molar-refractivity contribution >= 4 is 17.5 Å². The van der Waals surface area contributed by atoms with E-state index in [0.717, 1.165) is 65.2 Å². The fourth-order valence-corrected chi connectivity index (χ4v) is 5.53. The van der Waals surface area contributed by atoms with Gasteiger partial charge in [0.25, 0.3) is 0 Å². The topological polar surface area (TPSA) is 87.7 Å². The van der Waals surface area contributed by atoms with Crippen molar-refractivity contribution in [2.75, 3.05) is 5.32 Å². The first kappa shape index (κ1) is 24.2. The first-order valence-corrected chi connectivity index (χ1v) is 13.3. The van der Waals surface area contributed by atoms with Gasteiger partial charge in [-0.25, -0.2) is 0 Å². The van der Waals surface area contributed by atoms with Crippen molar-refractivity contribution in [1.29, 1.82) is 0 Å². The van der Waals surface area contributed by atoms with Crippen LogP contribution in [0.2, 0.25) is 0 Å². The van der Waals surface area contributed by atoms with Gasteiger partial charge in [-0.3, -0.25) is 9.79 Å². The summed E-state index contributed by atoms with van der Waals surface area (Å²) in [5.74, 6) is 0.754. The summed E-state index contributed by atoms with van der Waals surface area (Å²) < 4.78 is 5.74. The van der Waals surface area contributed by atoms with Gasteiger partial charge in [0.05, 0.1) is 11.5 Å². The number of hydrogen-bond acceptors (Lipinski definition) is 5. The lowest BCUT2D eigenvalue weighted by Gasteiger charge is -2.38. The number of carboxylic acid groups (broad SMARTS) is 1. The van der Waals surface area contributed by atoms with E-state index in [0.29, 0.717) is 18.6 Å². The van der Waals surface area contributed by atoms with E-state index in [9.17, 15) is 9.90 Å². The highest BCUT2D eigenvalue weighted by molar-refractivity contribution is 6.06. The van der Waals surface area contributed by atoms with Crippen LogP contribution in [0.15, 0.2) is 94.0 Å². The summed E-state index contributed by atoms with van der Waals surface area (Å²) in [4.78, 5) is 16.8. The number of anilines is 1. The summed E-state index contributed by atoms with van der Waals surface area (Å²) in [5, 5.41) is 17.4. The second-order valence-electron chi connectivity index (χ2n) is 10.3. The third-order valence-electron chi connectivity index (χ3n) is 7.99. The molecule has 1 aliphatic heterocycles. The second kappa shape index (κ2) is 9.93. The van der Waals surface area contributed by atoms with Crippen LogP contribution in [0.5, 0.6) is 0 Å². The van der Waals surface area contributed by atoms with Gasteiger partial charge in [-0.15, -0.1) is 0 Å². The SMILES string of the molecule is Cc1noc(-c2ccc(-c3ccc(C4(C(=O)O)CCC4)cc3)cc2)c1NC1=NC(C2=CCCC=C2)CC=C1. The Balaban J connectivity index is 1.21. The first-order valence-electron chi connectivity index (χ1n) is 13.3. The number of benzene rings is 2. The molecule has 0 spiro atoms. The molecule has 3 aliphatic rings. The van der Waals surface area contributed by atoms with E-state index in [4.69, 9.17) is 9.52 Å². The number of carboxylic acids is 1. The molecule has 2 aromatic carbocycles. The zero-order valence-corrected chi connectivity index (χ0v) is 21.5. The minimum atomic E-state index is -0.722. The van der Waals surface area contributed by atoms with Crippen molar-refractivity contribution in [2.45, 2.75) is 56.9 Å². The van der Waals surface area contributed by atoms with Gasteiger partial charge in [-0.05, 0) is 67.4 Å². The zero-order chi connectivity index (χ0) is 26.1. The van der Waals surface area contributed by atoms with Crippen molar-refractivity contribution in [3.63, 3.8) is 0 Å². The molecule has 38 heavy (non-hydrogen) atoms. The predicted octanol–water partition coefficient (Wildman–Crippen LogP) is 7.24. The summed E-state index contributed by atoms with van der Waals surface area (Å²) in [6.07, 6.45) is 16.3. The van der Waals surface area contributed by atoms with Gasteiger partial charge in [0.15, 0.2) is 5.76 Å². The number of rotatable bonds is 6. The van der Waals surface area contributed by atoms with Crippen LogP contribution < -0.4 is 5.32 Å². The minimum absolute atomic E-state index is 0.128. The molecule has 2 heterocycles.